The van der Waals surface area contributed by atoms with E-state index in [2.05, 4.69) is 15.5 Å². The number of carbonyl (C=O) groups excluding carboxylic acids is 1. The molecule has 8 heteroatoms. The number of aromatic nitrogens is 2. The van der Waals surface area contributed by atoms with Crippen molar-refractivity contribution >= 4 is 11.7 Å². The number of hydrogen-bond donors (Lipinski definition) is 1. The zero-order chi connectivity index (χ0) is 20.2. The van der Waals surface area contributed by atoms with Gasteiger partial charge in [-0.3, -0.25) is 0 Å². The molecule has 1 saturated heterocycles. The number of carbonyl (C=O) groups is 1. The number of likely N-dealkylation sites (tertiary alicyclic amines) is 1. The van der Waals surface area contributed by atoms with Crippen molar-refractivity contribution in [2.24, 2.45) is 0 Å². The molecule has 2 aromatic carbocycles. The normalized spacial score (nSPS) is 15.9. The minimum Gasteiger partial charge on any atom is -0.497 e. The molecule has 150 valence electrons. The molecule has 0 spiro atoms. The number of nitrogens with one attached hydrogen (secondary N) is 1. The molecule has 0 unspecified atom stereocenters. The highest BCUT2D eigenvalue weighted by atomic mass is 16.5. The number of rotatable bonds is 5. The van der Waals surface area contributed by atoms with Crippen LogP contribution in [0.15, 0.2) is 53.1 Å². The first-order valence-corrected chi connectivity index (χ1v) is 9.37. The largest absolute Gasteiger partial charge is 0.497 e. The van der Waals surface area contributed by atoms with Crippen molar-refractivity contribution in [2.45, 2.75) is 18.9 Å². The summed E-state index contributed by atoms with van der Waals surface area (Å²) in [5.74, 6) is 2.43. The Labute approximate surface area is 168 Å². The van der Waals surface area contributed by atoms with E-state index >= 15 is 0 Å². The van der Waals surface area contributed by atoms with E-state index in [0.717, 1.165) is 29.9 Å². The zero-order valence-corrected chi connectivity index (χ0v) is 16.3. The Balaban J connectivity index is 1.47. The molecule has 0 saturated carbocycles. The van der Waals surface area contributed by atoms with Crippen LogP contribution in [0.4, 0.5) is 10.5 Å². The smallest absolute Gasteiger partial charge is 0.322 e. The van der Waals surface area contributed by atoms with E-state index < -0.39 is 0 Å². The molecule has 0 bridgehead atoms. The van der Waals surface area contributed by atoms with Crippen molar-refractivity contribution in [1.29, 1.82) is 0 Å². The summed E-state index contributed by atoms with van der Waals surface area (Å²) < 4.78 is 15.8. The van der Waals surface area contributed by atoms with Crippen molar-refractivity contribution in [2.75, 3.05) is 26.1 Å². The van der Waals surface area contributed by atoms with Gasteiger partial charge in [0, 0.05) is 17.8 Å². The number of benzene rings is 2. The highest BCUT2D eigenvalue weighted by molar-refractivity contribution is 5.89. The van der Waals surface area contributed by atoms with E-state index in [0.29, 0.717) is 23.9 Å². The molecule has 4 rings (SSSR count). The standard InChI is InChI=1S/C21H22N4O4/c1-27-16-9-5-14(6-10-16)19-23-20(29-24-19)18-4-3-13-25(18)21(26)22-15-7-11-17(28-2)12-8-15/h5-12,18H,3-4,13H2,1-2H3,(H,22,26)/t18-/m1/s1. The predicted octanol–water partition coefficient (Wildman–Crippen LogP) is 4.12. The Kier molecular flexibility index (Phi) is 5.33. The van der Waals surface area contributed by atoms with E-state index in [4.69, 9.17) is 14.0 Å². The molecule has 8 nitrogen and oxygen atoms in total. The van der Waals surface area contributed by atoms with Gasteiger partial charge in [-0.2, -0.15) is 4.98 Å². The maximum atomic E-state index is 12.8. The SMILES string of the molecule is COc1ccc(NC(=O)N2CCC[C@@H]2c2nc(-c3ccc(OC)cc3)no2)cc1. The summed E-state index contributed by atoms with van der Waals surface area (Å²) in [4.78, 5) is 19.0. The Morgan fingerprint density at radius 2 is 1.72 bits per heavy atom. The summed E-state index contributed by atoms with van der Waals surface area (Å²) in [6.45, 7) is 0.632. The van der Waals surface area contributed by atoms with Crippen molar-refractivity contribution in [1.82, 2.24) is 15.0 Å². The highest BCUT2D eigenvalue weighted by Gasteiger charge is 2.34. The summed E-state index contributed by atoms with van der Waals surface area (Å²) in [5, 5.41) is 7.00. The maximum absolute atomic E-state index is 12.8. The molecule has 1 aromatic heterocycles. The second-order valence-corrected chi connectivity index (χ2v) is 6.69. The summed E-state index contributed by atoms with van der Waals surface area (Å²) >= 11 is 0. The lowest BCUT2D eigenvalue weighted by atomic mass is 10.2. The summed E-state index contributed by atoms with van der Waals surface area (Å²) in [7, 11) is 3.22. The average Bonchev–Trinajstić information content (AvgIpc) is 3.44. The molecular formula is C21H22N4O4. The number of hydrogen-bond acceptors (Lipinski definition) is 6. The van der Waals surface area contributed by atoms with Gasteiger partial charge in [-0.05, 0) is 61.4 Å². The molecule has 2 amide bonds. The first-order valence-electron chi connectivity index (χ1n) is 9.37. The Bertz CT molecular complexity index is 969. The second kappa shape index (κ2) is 8.22. The van der Waals surface area contributed by atoms with Crippen LogP contribution in [0.2, 0.25) is 0 Å². The third-order valence-corrected chi connectivity index (χ3v) is 4.93. The molecule has 1 fully saturated rings. The van der Waals surface area contributed by atoms with Gasteiger partial charge in [-0.1, -0.05) is 5.16 Å². The van der Waals surface area contributed by atoms with Crippen LogP contribution < -0.4 is 14.8 Å². The number of ether oxygens (including phenoxy) is 2. The molecule has 1 atom stereocenters. The molecule has 2 heterocycles. The van der Waals surface area contributed by atoms with Gasteiger partial charge in [0.25, 0.3) is 0 Å². The average molecular weight is 394 g/mol. The first-order chi connectivity index (χ1) is 14.2. The fourth-order valence-corrected chi connectivity index (χ4v) is 3.36. The van der Waals surface area contributed by atoms with Crippen LogP contribution in [-0.4, -0.2) is 41.8 Å². The fraction of sp³-hybridized carbons (Fsp3) is 0.286. The Hall–Kier alpha value is -3.55. The first kappa shape index (κ1) is 18.8. The van der Waals surface area contributed by atoms with Crippen LogP contribution in [0, 0.1) is 0 Å². The molecule has 1 aliphatic heterocycles. The van der Waals surface area contributed by atoms with Crippen molar-refractivity contribution < 1.29 is 18.8 Å². The molecular weight excluding hydrogens is 372 g/mol. The zero-order valence-electron chi connectivity index (χ0n) is 16.3. The van der Waals surface area contributed by atoms with Gasteiger partial charge in [0.05, 0.1) is 14.2 Å². The van der Waals surface area contributed by atoms with E-state index in [1.54, 1.807) is 43.4 Å². The number of amides is 2. The third kappa shape index (κ3) is 4.01. The lowest BCUT2D eigenvalue weighted by molar-refractivity contribution is 0.193. The number of nitrogens with zero attached hydrogens (tertiary/aromatic N) is 3. The predicted molar refractivity (Wildman–Crippen MR) is 107 cm³/mol. The number of methoxy groups -OCH3 is 2. The molecule has 1 N–H and O–H groups in total. The fourth-order valence-electron chi connectivity index (χ4n) is 3.36. The van der Waals surface area contributed by atoms with Crippen molar-refractivity contribution in [3.05, 3.63) is 54.4 Å². The highest BCUT2D eigenvalue weighted by Crippen LogP contribution is 2.33. The monoisotopic (exact) mass is 394 g/mol. The van der Waals surface area contributed by atoms with Gasteiger partial charge in [-0.25, -0.2) is 4.79 Å². The van der Waals surface area contributed by atoms with Gasteiger partial charge in [0.2, 0.25) is 11.7 Å². The quantitative estimate of drug-likeness (QED) is 0.700. The van der Waals surface area contributed by atoms with Crippen LogP contribution in [0.3, 0.4) is 0 Å². The van der Waals surface area contributed by atoms with Gasteiger partial charge in [0.1, 0.15) is 17.5 Å². The number of anilines is 1. The molecule has 0 radical (unpaired) electrons. The van der Waals surface area contributed by atoms with E-state index in [1.807, 2.05) is 24.3 Å². The van der Waals surface area contributed by atoms with Crippen LogP contribution in [0.25, 0.3) is 11.4 Å². The lowest BCUT2D eigenvalue weighted by Crippen LogP contribution is -2.34. The second-order valence-electron chi connectivity index (χ2n) is 6.69. The van der Waals surface area contributed by atoms with Crippen LogP contribution in [0.1, 0.15) is 24.8 Å². The van der Waals surface area contributed by atoms with Crippen molar-refractivity contribution in [3.63, 3.8) is 0 Å². The molecule has 1 aliphatic rings. The maximum Gasteiger partial charge on any atom is 0.322 e. The summed E-state index contributed by atoms with van der Waals surface area (Å²) in [6, 6.07) is 14.2. The minimum atomic E-state index is -0.243. The number of urea groups is 1. The molecule has 3 aromatic rings. The topological polar surface area (TPSA) is 89.7 Å². The third-order valence-electron chi connectivity index (χ3n) is 4.93. The van der Waals surface area contributed by atoms with E-state index in [1.165, 1.54) is 0 Å². The summed E-state index contributed by atoms with van der Waals surface area (Å²) in [5.41, 5.74) is 1.53. The molecule has 0 aliphatic carbocycles. The van der Waals surface area contributed by atoms with Crippen LogP contribution in [-0.2, 0) is 0 Å². The summed E-state index contributed by atoms with van der Waals surface area (Å²) in [6.07, 6.45) is 1.65. The van der Waals surface area contributed by atoms with Gasteiger partial charge in [0.15, 0.2) is 0 Å². The van der Waals surface area contributed by atoms with E-state index in [-0.39, 0.29) is 12.1 Å². The Morgan fingerprint density at radius 1 is 1.07 bits per heavy atom. The minimum absolute atomic E-state index is 0.193. The van der Waals surface area contributed by atoms with Gasteiger partial charge < -0.3 is 24.2 Å². The van der Waals surface area contributed by atoms with Gasteiger partial charge >= 0.3 is 6.03 Å². The van der Waals surface area contributed by atoms with Crippen LogP contribution >= 0.6 is 0 Å². The lowest BCUT2D eigenvalue weighted by Gasteiger charge is -2.22. The van der Waals surface area contributed by atoms with E-state index in [9.17, 15) is 4.79 Å². The molecule has 29 heavy (non-hydrogen) atoms. The van der Waals surface area contributed by atoms with Gasteiger partial charge in [-0.15, -0.1) is 0 Å². The van der Waals surface area contributed by atoms with Crippen molar-refractivity contribution in [3.8, 4) is 22.9 Å². The van der Waals surface area contributed by atoms with Crippen LogP contribution in [0.5, 0.6) is 11.5 Å². The Morgan fingerprint density at radius 3 is 2.38 bits per heavy atom.